The second kappa shape index (κ2) is 6.74. The number of hydrogen-bond acceptors (Lipinski definition) is 4. The molecule has 5 heteroatoms. The monoisotopic (exact) mass is 248 g/mol. The van der Waals surface area contributed by atoms with Crippen LogP contribution in [0.1, 0.15) is 45.4 Å². The molecule has 1 aliphatic carbocycles. The fraction of sp³-hybridized carbons (Fsp3) is 0.818. The first-order valence-electron chi connectivity index (χ1n) is 5.70. The number of carbonyl (C=O) groups excluding carboxylic acids is 2. The summed E-state index contributed by atoms with van der Waals surface area (Å²) in [7, 11) is 0. The van der Waals surface area contributed by atoms with Gasteiger partial charge in [0.15, 0.2) is 0 Å². The smallest absolute Gasteiger partial charge is 0.406 e. The highest BCUT2D eigenvalue weighted by molar-refractivity contribution is 6.61. The Morgan fingerprint density at radius 3 is 2.44 bits per heavy atom. The van der Waals surface area contributed by atoms with Gasteiger partial charge in [-0.3, -0.25) is 4.79 Å². The Kier molecular flexibility index (Phi) is 5.60. The quantitative estimate of drug-likeness (QED) is 0.426. The fourth-order valence-electron chi connectivity index (χ4n) is 1.87. The van der Waals surface area contributed by atoms with Gasteiger partial charge < -0.3 is 9.47 Å². The normalized spacial score (nSPS) is 18.1. The summed E-state index contributed by atoms with van der Waals surface area (Å²) in [6.07, 6.45) is 4.27. The Labute approximate surface area is 100 Å². The van der Waals surface area contributed by atoms with Gasteiger partial charge in [0.2, 0.25) is 6.29 Å². The van der Waals surface area contributed by atoms with Crippen LogP contribution in [0.15, 0.2) is 0 Å². The van der Waals surface area contributed by atoms with Crippen LogP contribution in [-0.2, 0) is 14.3 Å². The molecule has 1 unspecified atom stereocenters. The average Bonchev–Trinajstić information content (AvgIpc) is 2.69. The van der Waals surface area contributed by atoms with Crippen molar-refractivity contribution < 1.29 is 19.1 Å². The summed E-state index contributed by atoms with van der Waals surface area (Å²) in [5.74, 6) is -0.303. The molecule has 0 heterocycles. The summed E-state index contributed by atoms with van der Waals surface area (Å²) in [5, 5.41) is 0. The third kappa shape index (κ3) is 4.39. The third-order valence-corrected chi connectivity index (χ3v) is 2.77. The minimum Gasteiger partial charge on any atom is -0.425 e. The predicted octanol–water partition coefficient (Wildman–Crippen LogP) is 3.22. The van der Waals surface area contributed by atoms with Gasteiger partial charge in [0.25, 0.3) is 0 Å². The Bertz CT molecular complexity index is 248. The summed E-state index contributed by atoms with van der Waals surface area (Å²) >= 11 is 5.10. The van der Waals surface area contributed by atoms with E-state index in [1.165, 1.54) is 0 Å². The van der Waals surface area contributed by atoms with Gasteiger partial charge in [-0.25, -0.2) is 4.79 Å². The molecule has 92 valence electrons. The molecule has 0 amide bonds. The lowest BCUT2D eigenvalue weighted by Gasteiger charge is -2.18. The van der Waals surface area contributed by atoms with E-state index < -0.39 is 11.7 Å². The highest BCUT2D eigenvalue weighted by Crippen LogP contribution is 2.26. The van der Waals surface area contributed by atoms with Crippen molar-refractivity contribution in [3.63, 3.8) is 0 Å². The summed E-state index contributed by atoms with van der Waals surface area (Å²) in [6, 6.07) is 0. The van der Waals surface area contributed by atoms with Gasteiger partial charge in [0, 0.05) is 18.0 Å². The Morgan fingerprint density at radius 2 is 1.94 bits per heavy atom. The fourth-order valence-corrected chi connectivity index (χ4v) is 1.97. The molecule has 0 aromatic carbocycles. The lowest BCUT2D eigenvalue weighted by atomic mass is 10.1. The SMILES string of the molecule is CCCC(OC(=O)Cl)OC(=O)C1CCCC1. The molecule has 1 rings (SSSR count). The van der Waals surface area contributed by atoms with Crippen molar-refractivity contribution in [2.45, 2.75) is 51.7 Å². The molecule has 1 aliphatic rings. The standard InChI is InChI=1S/C11H17ClO4/c1-2-5-9(16-11(12)14)15-10(13)8-6-3-4-7-8/h8-9H,2-7H2,1H3. The Morgan fingerprint density at radius 1 is 1.31 bits per heavy atom. The first-order valence-corrected chi connectivity index (χ1v) is 6.08. The summed E-state index contributed by atoms with van der Waals surface area (Å²) < 4.78 is 9.82. The number of esters is 1. The van der Waals surface area contributed by atoms with Crippen LogP contribution in [0, 0.1) is 5.92 Å². The second-order valence-electron chi connectivity index (χ2n) is 3.99. The van der Waals surface area contributed by atoms with Crippen LogP contribution < -0.4 is 0 Å². The van der Waals surface area contributed by atoms with Crippen LogP contribution in [0.5, 0.6) is 0 Å². The lowest BCUT2D eigenvalue weighted by molar-refractivity contribution is -0.172. The van der Waals surface area contributed by atoms with Crippen LogP contribution in [0.25, 0.3) is 0 Å². The van der Waals surface area contributed by atoms with E-state index in [2.05, 4.69) is 0 Å². The van der Waals surface area contributed by atoms with E-state index in [0.29, 0.717) is 6.42 Å². The van der Waals surface area contributed by atoms with Crippen LogP contribution in [0.4, 0.5) is 4.79 Å². The van der Waals surface area contributed by atoms with Gasteiger partial charge in [0.1, 0.15) is 0 Å². The summed E-state index contributed by atoms with van der Waals surface area (Å²) in [5.41, 5.74) is -0.933. The van der Waals surface area contributed by atoms with Crippen LogP contribution in [0.2, 0.25) is 0 Å². The van der Waals surface area contributed by atoms with E-state index in [1.54, 1.807) is 0 Å². The largest absolute Gasteiger partial charge is 0.425 e. The topological polar surface area (TPSA) is 52.6 Å². The van der Waals surface area contributed by atoms with Crippen molar-refractivity contribution in [2.24, 2.45) is 5.92 Å². The molecule has 4 nitrogen and oxygen atoms in total. The Balaban J connectivity index is 2.39. The molecule has 0 aromatic heterocycles. The lowest BCUT2D eigenvalue weighted by Crippen LogP contribution is -2.26. The molecule has 0 aliphatic heterocycles. The van der Waals surface area contributed by atoms with E-state index in [1.807, 2.05) is 6.92 Å². The molecule has 0 saturated heterocycles. The maximum Gasteiger partial charge on any atom is 0.406 e. The second-order valence-corrected chi connectivity index (χ2v) is 4.30. The van der Waals surface area contributed by atoms with Gasteiger partial charge in [-0.1, -0.05) is 19.8 Å². The van der Waals surface area contributed by atoms with Crippen molar-refractivity contribution in [3.8, 4) is 0 Å². The highest BCUT2D eigenvalue weighted by Gasteiger charge is 2.27. The first kappa shape index (κ1) is 13.3. The van der Waals surface area contributed by atoms with E-state index in [4.69, 9.17) is 21.1 Å². The van der Waals surface area contributed by atoms with E-state index in [9.17, 15) is 9.59 Å². The molecule has 1 atom stereocenters. The van der Waals surface area contributed by atoms with Gasteiger partial charge in [0.05, 0.1) is 5.92 Å². The van der Waals surface area contributed by atoms with Gasteiger partial charge in [-0.15, -0.1) is 0 Å². The minimum atomic E-state index is -0.933. The average molecular weight is 249 g/mol. The number of ether oxygens (including phenoxy) is 2. The van der Waals surface area contributed by atoms with Crippen molar-refractivity contribution in [3.05, 3.63) is 0 Å². The molecule has 0 aromatic rings. The van der Waals surface area contributed by atoms with Gasteiger partial charge in [-0.05, 0) is 19.3 Å². The molecule has 1 fully saturated rings. The van der Waals surface area contributed by atoms with E-state index >= 15 is 0 Å². The van der Waals surface area contributed by atoms with Crippen molar-refractivity contribution in [1.82, 2.24) is 0 Å². The highest BCUT2D eigenvalue weighted by atomic mass is 35.5. The maximum absolute atomic E-state index is 11.7. The van der Waals surface area contributed by atoms with E-state index in [0.717, 1.165) is 32.1 Å². The first-order chi connectivity index (χ1) is 7.63. The maximum atomic E-state index is 11.7. The number of halogens is 1. The zero-order valence-corrected chi connectivity index (χ0v) is 10.2. The van der Waals surface area contributed by atoms with Crippen molar-refractivity contribution >= 4 is 23.0 Å². The number of hydrogen-bond donors (Lipinski definition) is 0. The number of rotatable bonds is 5. The molecular weight excluding hydrogens is 232 g/mol. The van der Waals surface area contributed by atoms with Crippen LogP contribution in [0.3, 0.4) is 0 Å². The molecule has 0 N–H and O–H groups in total. The van der Waals surface area contributed by atoms with Crippen molar-refractivity contribution in [1.29, 1.82) is 0 Å². The molecule has 0 spiro atoms. The zero-order chi connectivity index (χ0) is 12.0. The van der Waals surface area contributed by atoms with Crippen molar-refractivity contribution in [2.75, 3.05) is 0 Å². The summed E-state index contributed by atoms with van der Waals surface area (Å²) in [4.78, 5) is 22.2. The van der Waals surface area contributed by atoms with Crippen LogP contribution >= 0.6 is 11.6 Å². The van der Waals surface area contributed by atoms with E-state index in [-0.39, 0.29) is 11.9 Å². The van der Waals surface area contributed by atoms with Gasteiger partial charge in [-0.2, -0.15) is 0 Å². The predicted molar refractivity (Wildman–Crippen MR) is 59.1 cm³/mol. The molecule has 16 heavy (non-hydrogen) atoms. The zero-order valence-electron chi connectivity index (χ0n) is 9.41. The molecule has 0 radical (unpaired) electrons. The number of carbonyl (C=O) groups is 2. The third-order valence-electron chi connectivity index (χ3n) is 2.68. The summed E-state index contributed by atoms with van der Waals surface area (Å²) in [6.45, 7) is 1.92. The minimum absolute atomic E-state index is 0.0339. The molecule has 1 saturated carbocycles. The molecular formula is C11H17ClO4. The Hall–Kier alpha value is -0.770. The van der Waals surface area contributed by atoms with Crippen LogP contribution in [-0.4, -0.2) is 17.7 Å². The molecule has 0 bridgehead atoms. The van der Waals surface area contributed by atoms with Gasteiger partial charge >= 0.3 is 11.4 Å².